The summed E-state index contributed by atoms with van der Waals surface area (Å²) >= 11 is 0. The van der Waals surface area contributed by atoms with Gasteiger partial charge in [-0.25, -0.2) is 17.6 Å². The average Bonchev–Trinajstić information content (AvgIpc) is 2.97. The number of hydrogen-bond acceptors (Lipinski definition) is 1. The molecule has 3 fully saturated rings. The predicted octanol–water partition coefficient (Wildman–Crippen LogP) is 11.2. The Labute approximate surface area is 248 Å². The Morgan fingerprint density at radius 1 is 0.674 bits per heavy atom. The highest BCUT2D eigenvalue weighted by atomic mass is 19.3. The lowest BCUT2D eigenvalue weighted by atomic mass is 9.68. The number of ether oxygens (including phenoxy) is 1. The summed E-state index contributed by atoms with van der Waals surface area (Å²) in [5.41, 5.74) is 0.0704. The third-order valence-corrected chi connectivity index (χ3v) is 10.4. The van der Waals surface area contributed by atoms with E-state index in [9.17, 15) is 30.7 Å². The van der Waals surface area contributed by atoms with Crippen molar-refractivity contribution >= 4 is 0 Å². The summed E-state index contributed by atoms with van der Waals surface area (Å²) in [7, 11) is 0. The van der Waals surface area contributed by atoms with Gasteiger partial charge in [0, 0.05) is 12.1 Å². The molecule has 0 radical (unpaired) electrons. The van der Waals surface area contributed by atoms with Gasteiger partial charge >= 0.3 is 12.0 Å². The molecule has 0 heterocycles. The topological polar surface area (TPSA) is 9.23 Å². The van der Waals surface area contributed by atoms with Gasteiger partial charge in [0.05, 0.1) is 11.5 Å². The molecule has 0 atom stereocenters. The molecule has 3 saturated carbocycles. The number of hydrogen-bond donors (Lipinski definition) is 0. The Morgan fingerprint density at radius 3 is 1.74 bits per heavy atom. The molecule has 0 amide bonds. The molecule has 0 N–H and O–H groups in total. The monoisotopic (exact) mass is 616 g/mol. The van der Waals surface area contributed by atoms with Gasteiger partial charge in [-0.05, 0) is 111 Å². The number of alkyl halides is 5. The Bertz CT molecular complexity index is 1220. The van der Waals surface area contributed by atoms with Gasteiger partial charge in [-0.1, -0.05) is 31.9 Å². The predicted molar refractivity (Wildman–Crippen MR) is 149 cm³/mol. The fourth-order valence-corrected chi connectivity index (χ4v) is 7.82. The lowest BCUT2D eigenvalue weighted by Crippen LogP contribution is -2.38. The molecule has 2 aromatic carbocycles. The van der Waals surface area contributed by atoms with E-state index in [1.807, 2.05) is 6.07 Å². The smallest absolute Gasteiger partial charge is 0.400 e. The van der Waals surface area contributed by atoms with Crippen LogP contribution in [0.4, 0.5) is 35.1 Å². The quantitative estimate of drug-likeness (QED) is 0.268. The van der Waals surface area contributed by atoms with Crippen LogP contribution in [-0.4, -0.2) is 12.8 Å². The van der Waals surface area contributed by atoms with E-state index in [1.54, 1.807) is 6.07 Å². The van der Waals surface area contributed by atoms with Gasteiger partial charge in [0.2, 0.25) is 0 Å². The second-order valence-corrected chi connectivity index (χ2v) is 13.2. The largest absolute Gasteiger partial charge is 0.432 e. The first-order chi connectivity index (χ1) is 20.4. The van der Waals surface area contributed by atoms with Gasteiger partial charge in [0.25, 0.3) is 0 Å². The highest BCUT2D eigenvalue weighted by molar-refractivity contribution is 5.34. The SMILES string of the molecule is CC1CCC(c2ccc(C3CCC(C4CCC(C(F)(F)Oc5cc(F)c(C(F)(F)CF)c(F)c5)CC4)CC3)c(F)c2)CC1. The first-order valence-corrected chi connectivity index (χ1v) is 15.7. The first kappa shape index (κ1) is 32.1. The standard InChI is InChI=1S/C34H40F8O/c1-20-2-4-23(5-3-20)25-12-15-28(29(36)16-25)24-8-6-21(7-9-24)22-10-13-26(14-11-22)34(41,42)43-27-17-30(37)32(31(38)18-27)33(39,40)19-35/h12,15-18,20-24,26H,2-11,13-14,19H2,1H3. The maximum Gasteiger partial charge on any atom is 0.400 e. The fourth-order valence-electron chi connectivity index (χ4n) is 7.82. The van der Waals surface area contributed by atoms with E-state index in [4.69, 9.17) is 0 Å². The van der Waals surface area contributed by atoms with Gasteiger partial charge in [0.15, 0.2) is 6.67 Å². The fraction of sp³-hybridized carbons (Fsp3) is 0.647. The van der Waals surface area contributed by atoms with Gasteiger partial charge in [-0.2, -0.15) is 17.6 Å². The van der Waals surface area contributed by atoms with Crippen LogP contribution < -0.4 is 4.74 Å². The van der Waals surface area contributed by atoms with Gasteiger partial charge in [0.1, 0.15) is 23.2 Å². The van der Waals surface area contributed by atoms with Crippen molar-refractivity contribution in [2.24, 2.45) is 23.7 Å². The second kappa shape index (κ2) is 13.0. The summed E-state index contributed by atoms with van der Waals surface area (Å²) in [6.45, 7) is -0.0570. The molecule has 0 aromatic heterocycles. The van der Waals surface area contributed by atoms with Crippen LogP contribution in [-0.2, 0) is 5.92 Å². The Hall–Kier alpha value is -2.32. The van der Waals surface area contributed by atoms with E-state index in [0.29, 0.717) is 24.7 Å². The van der Waals surface area contributed by atoms with Crippen molar-refractivity contribution in [2.75, 3.05) is 6.67 Å². The van der Waals surface area contributed by atoms with Crippen molar-refractivity contribution in [2.45, 2.75) is 108 Å². The van der Waals surface area contributed by atoms with E-state index in [0.717, 1.165) is 55.6 Å². The molecule has 0 aliphatic heterocycles. The molecule has 0 unspecified atom stereocenters. The molecule has 1 nitrogen and oxygen atoms in total. The highest BCUT2D eigenvalue weighted by Crippen LogP contribution is 2.48. The molecular formula is C34H40F8O. The third kappa shape index (κ3) is 7.16. The molecule has 9 heteroatoms. The number of benzene rings is 2. The maximum atomic E-state index is 15.2. The molecule has 43 heavy (non-hydrogen) atoms. The third-order valence-electron chi connectivity index (χ3n) is 10.4. The molecular weight excluding hydrogens is 576 g/mol. The molecule has 0 spiro atoms. The molecule has 0 saturated heterocycles. The molecule has 2 aromatic rings. The molecule has 3 aliphatic rings. The zero-order valence-corrected chi connectivity index (χ0v) is 24.5. The zero-order valence-electron chi connectivity index (χ0n) is 24.5. The second-order valence-electron chi connectivity index (χ2n) is 13.2. The van der Waals surface area contributed by atoms with E-state index in [-0.39, 0.29) is 42.6 Å². The first-order valence-electron chi connectivity index (χ1n) is 15.7. The van der Waals surface area contributed by atoms with E-state index >= 15 is 4.39 Å². The van der Waals surface area contributed by atoms with Gasteiger partial charge in [-0.3, -0.25) is 0 Å². The van der Waals surface area contributed by atoms with Crippen LogP contribution in [0.5, 0.6) is 5.75 Å². The molecule has 238 valence electrons. The Balaban J connectivity index is 1.12. The lowest BCUT2D eigenvalue weighted by Gasteiger charge is -2.39. The van der Waals surface area contributed by atoms with Crippen LogP contribution in [0, 0.1) is 41.1 Å². The van der Waals surface area contributed by atoms with Crippen molar-refractivity contribution in [1.29, 1.82) is 0 Å². The van der Waals surface area contributed by atoms with Crippen molar-refractivity contribution in [1.82, 2.24) is 0 Å². The Kier molecular flexibility index (Phi) is 9.67. The Morgan fingerprint density at radius 2 is 1.21 bits per heavy atom. The minimum atomic E-state index is -4.42. The summed E-state index contributed by atoms with van der Waals surface area (Å²) in [5, 5.41) is 0. The van der Waals surface area contributed by atoms with Crippen molar-refractivity contribution in [3.8, 4) is 5.75 Å². The van der Waals surface area contributed by atoms with E-state index < -0.39 is 47.6 Å². The van der Waals surface area contributed by atoms with E-state index in [2.05, 4.69) is 17.7 Å². The summed E-state index contributed by atoms with van der Waals surface area (Å²) in [4.78, 5) is 0. The number of rotatable bonds is 8. The van der Waals surface area contributed by atoms with E-state index in [1.165, 1.54) is 12.8 Å². The van der Waals surface area contributed by atoms with Gasteiger partial charge < -0.3 is 4.74 Å². The van der Waals surface area contributed by atoms with Crippen molar-refractivity contribution in [3.05, 3.63) is 64.5 Å². The molecule has 3 aliphatic carbocycles. The van der Waals surface area contributed by atoms with Gasteiger partial charge in [-0.15, -0.1) is 0 Å². The van der Waals surface area contributed by atoms with Crippen LogP contribution >= 0.6 is 0 Å². The normalized spacial score (nSPS) is 29.0. The van der Waals surface area contributed by atoms with Crippen LogP contribution in [0.1, 0.15) is 112 Å². The van der Waals surface area contributed by atoms with Crippen LogP contribution in [0.2, 0.25) is 0 Å². The average molecular weight is 617 g/mol. The van der Waals surface area contributed by atoms with Crippen LogP contribution in [0.25, 0.3) is 0 Å². The summed E-state index contributed by atoms with van der Waals surface area (Å²) < 4.78 is 117. The number of halogens is 8. The maximum absolute atomic E-state index is 15.2. The minimum Gasteiger partial charge on any atom is -0.432 e. The zero-order chi connectivity index (χ0) is 30.9. The van der Waals surface area contributed by atoms with Crippen LogP contribution in [0.15, 0.2) is 30.3 Å². The molecule has 0 bridgehead atoms. The molecule has 5 rings (SSSR count). The lowest BCUT2D eigenvalue weighted by molar-refractivity contribution is -0.224. The van der Waals surface area contributed by atoms with Crippen molar-refractivity contribution < 1.29 is 39.9 Å². The van der Waals surface area contributed by atoms with Crippen molar-refractivity contribution in [3.63, 3.8) is 0 Å². The summed E-state index contributed by atoms with van der Waals surface area (Å²) in [6, 6.07) is 6.30. The summed E-state index contributed by atoms with van der Waals surface area (Å²) in [5.74, 6) is -8.39. The highest BCUT2D eigenvalue weighted by Gasteiger charge is 2.46. The summed E-state index contributed by atoms with van der Waals surface area (Å²) in [6.07, 6.45) is 5.75. The van der Waals surface area contributed by atoms with Crippen LogP contribution in [0.3, 0.4) is 0 Å². The minimum absolute atomic E-state index is 0.118.